The van der Waals surface area contributed by atoms with Gasteiger partial charge in [-0.3, -0.25) is 0 Å². The molecule has 0 unspecified atom stereocenters. The highest BCUT2D eigenvalue weighted by Crippen LogP contribution is 2.16. The van der Waals surface area contributed by atoms with Gasteiger partial charge in [-0.2, -0.15) is 0 Å². The lowest BCUT2D eigenvalue weighted by Crippen LogP contribution is -2.49. The van der Waals surface area contributed by atoms with Gasteiger partial charge in [0.05, 0.1) is 6.54 Å². The van der Waals surface area contributed by atoms with Crippen molar-refractivity contribution in [1.29, 1.82) is 0 Å². The van der Waals surface area contributed by atoms with Gasteiger partial charge in [0.2, 0.25) is 0 Å². The Morgan fingerprint density at radius 2 is 2.08 bits per heavy atom. The average molecular weight is 413 g/mol. The Morgan fingerprint density at radius 1 is 1.36 bits per heavy atom. The van der Waals surface area contributed by atoms with Crippen LogP contribution in [0.4, 0.5) is 4.39 Å². The van der Waals surface area contributed by atoms with Crippen LogP contribution in [0.3, 0.4) is 0 Å². The Labute approximate surface area is 159 Å². The SMILES string of the molecule is CCNC(=NCc1ccc(Br)cc1F)NC1CCN(CC(C)C)CC1. The molecule has 25 heavy (non-hydrogen) atoms. The molecule has 0 radical (unpaired) electrons. The second-order valence-corrected chi connectivity index (χ2v) is 7.96. The third kappa shape index (κ3) is 6.94. The predicted molar refractivity (Wildman–Crippen MR) is 106 cm³/mol. The number of nitrogens with one attached hydrogen (secondary N) is 2. The highest BCUT2D eigenvalue weighted by atomic mass is 79.9. The van der Waals surface area contributed by atoms with Crippen LogP contribution in [-0.2, 0) is 6.54 Å². The molecule has 1 heterocycles. The van der Waals surface area contributed by atoms with Crippen molar-refractivity contribution < 1.29 is 4.39 Å². The normalized spacial score (nSPS) is 17.1. The van der Waals surface area contributed by atoms with Gasteiger partial charge < -0.3 is 15.5 Å². The van der Waals surface area contributed by atoms with Gasteiger partial charge in [-0.15, -0.1) is 0 Å². The molecule has 0 amide bonds. The Bertz CT molecular complexity index is 569. The zero-order chi connectivity index (χ0) is 18.2. The molecule has 1 aromatic rings. The minimum Gasteiger partial charge on any atom is -0.357 e. The number of piperidine rings is 1. The fourth-order valence-electron chi connectivity index (χ4n) is 3.10. The predicted octanol–water partition coefficient (Wildman–Crippen LogP) is 3.76. The summed E-state index contributed by atoms with van der Waals surface area (Å²) in [6, 6.07) is 5.53. The van der Waals surface area contributed by atoms with Crippen LogP contribution in [0.15, 0.2) is 27.7 Å². The number of guanidine groups is 1. The fraction of sp³-hybridized carbons (Fsp3) is 0.632. The zero-order valence-electron chi connectivity index (χ0n) is 15.5. The van der Waals surface area contributed by atoms with E-state index >= 15 is 0 Å². The van der Waals surface area contributed by atoms with Gasteiger partial charge in [0, 0.05) is 42.3 Å². The van der Waals surface area contributed by atoms with Crippen molar-refractivity contribution in [3.63, 3.8) is 0 Å². The molecule has 6 heteroatoms. The largest absolute Gasteiger partial charge is 0.357 e. The summed E-state index contributed by atoms with van der Waals surface area (Å²) in [5, 5.41) is 6.78. The van der Waals surface area contributed by atoms with Gasteiger partial charge in [0.25, 0.3) is 0 Å². The third-order valence-corrected chi connectivity index (χ3v) is 4.81. The van der Waals surface area contributed by atoms with Crippen molar-refractivity contribution in [2.75, 3.05) is 26.2 Å². The molecule has 1 fully saturated rings. The van der Waals surface area contributed by atoms with Crippen LogP contribution in [0.2, 0.25) is 0 Å². The first kappa shape index (κ1) is 20.2. The summed E-state index contributed by atoms with van der Waals surface area (Å²) in [6.07, 6.45) is 2.23. The van der Waals surface area contributed by atoms with Crippen molar-refractivity contribution in [3.8, 4) is 0 Å². The summed E-state index contributed by atoms with van der Waals surface area (Å²) in [5.41, 5.74) is 0.604. The van der Waals surface area contributed by atoms with Gasteiger partial charge in [-0.25, -0.2) is 9.38 Å². The van der Waals surface area contributed by atoms with E-state index < -0.39 is 0 Å². The standard InChI is InChI=1S/C19H30BrFN4/c1-4-22-19(23-12-15-5-6-16(20)11-18(15)21)24-17-7-9-25(10-8-17)13-14(2)3/h5-6,11,14,17H,4,7-10,12-13H2,1-3H3,(H2,22,23,24). The Morgan fingerprint density at radius 3 is 2.68 bits per heavy atom. The number of nitrogens with zero attached hydrogens (tertiary/aromatic N) is 2. The van der Waals surface area contributed by atoms with Crippen LogP contribution in [0.25, 0.3) is 0 Å². The van der Waals surface area contributed by atoms with Crippen molar-refractivity contribution in [3.05, 3.63) is 34.1 Å². The highest BCUT2D eigenvalue weighted by molar-refractivity contribution is 9.10. The van der Waals surface area contributed by atoms with Crippen LogP contribution in [0.5, 0.6) is 0 Å². The van der Waals surface area contributed by atoms with Crippen molar-refractivity contribution in [2.24, 2.45) is 10.9 Å². The van der Waals surface area contributed by atoms with E-state index in [1.54, 1.807) is 6.07 Å². The molecule has 0 spiro atoms. The van der Waals surface area contributed by atoms with E-state index in [-0.39, 0.29) is 5.82 Å². The van der Waals surface area contributed by atoms with E-state index in [1.165, 1.54) is 12.6 Å². The summed E-state index contributed by atoms with van der Waals surface area (Å²) in [6.45, 7) is 11.1. The number of halogens is 2. The number of hydrogen-bond acceptors (Lipinski definition) is 2. The monoisotopic (exact) mass is 412 g/mol. The minimum atomic E-state index is -0.226. The lowest BCUT2D eigenvalue weighted by molar-refractivity contribution is 0.187. The highest BCUT2D eigenvalue weighted by Gasteiger charge is 2.20. The molecule has 140 valence electrons. The summed E-state index contributed by atoms with van der Waals surface area (Å²) in [4.78, 5) is 7.09. The molecule has 1 aliphatic rings. The lowest BCUT2D eigenvalue weighted by atomic mass is 10.0. The zero-order valence-corrected chi connectivity index (χ0v) is 17.1. The van der Waals surface area contributed by atoms with Gasteiger partial charge in [-0.05, 0) is 37.8 Å². The molecule has 0 bridgehead atoms. The number of aliphatic imine (C=N–C) groups is 1. The molecule has 0 atom stereocenters. The third-order valence-electron chi connectivity index (χ3n) is 4.32. The number of rotatable bonds is 6. The van der Waals surface area contributed by atoms with Crippen LogP contribution < -0.4 is 10.6 Å². The second-order valence-electron chi connectivity index (χ2n) is 7.04. The Kier molecular flexibility index (Phi) is 8.16. The summed E-state index contributed by atoms with van der Waals surface area (Å²) in [5.74, 6) is 1.26. The van der Waals surface area contributed by atoms with Crippen LogP contribution in [0.1, 0.15) is 39.2 Å². The summed E-state index contributed by atoms with van der Waals surface area (Å²) >= 11 is 3.28. The van der Waals surface area contributed by atoms with Crippen molar-refractivity contribution in [2.45, 2.75) is 46.2 Å². The molecule has 1 aromatic carbocycles. The summed E-state index contributed by atoms with van der Waals surface area (Å²) in [7, 11) is 0. The molecular formula is C19H30BrFN4. The fourth-order valence-corrected chi connectivity index (χ4v) is 3.44. The van der Waals surface area contributed by atoms with Crippen molar-refractivity contribution >= 4 is 21.9 Å². The van der Waals surface area contributed by atoms with Crippen LogP contribution >= 0.6 is 15.9 Å². The quantitative estimate of drug-likeness (QED) is 0.551. The molecule has 1 aliphatic heterocycles. The topological polar surface area (TPSA) is 39.7 Å². The molecular weight excluding hydrogens is 383 g/mol. The molecule has 4 nitrogen and oxygen atoms in total. The maximum atomic E-state index is 13.9. The molecule has 2 rings (SSSR count). The van der Waals surface area contributed by atoms with E-state index in [9.17, 15) is 4.39 Å². The minimum absolute atomic E-state index is 0.226. The van der Waals surface area contributed by atoms with E-state index in [4.69, 9.17) is 0 Å². The first-order valence-corrected chi connectivity index (χ1v) is 9.98. The molecule has 1 saturated heterocycles. The summed E-state index contributed by atoms with van der Waals surface area (Å²) < 4.78 is 14.7. The van der Waals surface area contributed by atoms with E-state index in [2.05, 4.69) is 50.3 Å². The van der Waals surface area contributed by atoms with Gasteiger partial charge in [0.15, 0.2) is 5.96 Å². The van der Waals surface area contributed by atoms with E-state index in [1.807, 2.05) is 13.0 Å². The van der Waals surface area contributed by atoms with Crippen LogP contribution in [-0.4, -0.2) is 43.1 Å². The Balaban J connectivity index is 1.90. The maximum Gasteiger partial charge on any atom is 0.191 e. The smallest absolute Gasteiger partial charge is 0.191 e. The van der Waals surface area contributed by atoms with Gasteiger partial charge >= 0.3 is 0 Å². The second kappa shape index (κ2) is 10.1. The van der Waals surface area contributed by atoms with Gasteiger partial charge in [0.1, 0.15) is 5.82 Å². The maximum absolute atomic E-state index is 13.9. The average Bonchev–Trinajstić information content (AvgIpc) is 2.55. The lowest BCUT2D eigenvalue weighted by Gasteiger charge is -2.34. The first-order chi connectivity index (χ1) is 12.0. The van der Waals surface area contributed by atoms with Gasteiger partial charge in [-0.1, -0.05) is 35.8 Å². The van der Waals surface area contributed by atoms with E-state index in [0.29, 0.717) is 24.1 Å². The number of benzene rings is 1. The Hall–Kier alpha value is -1.14. The van der Waals surface area contributed by atoms with Crippen LogP contribution in [0, 0.1) is 11.7 Å². The number of likely N-dealkylation sites (tertiary alicyclic amines) is 1. The molecule has 2 N–H and O–H groups in total. The molecule has 0 aromatic heterocycles. The first-order valence-electron chi connectivity index (χ1n) is 9.19. The number of hydrogen-bond donors (Lipinski definition) is 2. The molecule has 0 saturated carbocycles. The van der Waals surface area contributed by atoms with Crippen molar-refractivity contribution in [1.82, 2.24) is 15.5 Å². The van der Waals surface area contributed by atoms with E-state index in [0.717, 1.165) is 42.9 Å². The molecule has 0 aliphatic carbocycles.